The molecule has 1 aliphatic heterocycles. The zero-order valence-corrected chi connectivity index (χ0v) is 17.2. The van der Waals surface area contributed by atoms with Crippen LogP contribution in [0.3, 0.4) is 0 Å². The molecule has 1 fully saturated rings. The minimum atomic E-state index is 0.174. The Morgan fingerprint density at radius 2 is 1.89 bits per heavy atom. The molecule has 0 saturated carbocycles. The van der Waals surface area contributed by atoms with Crippen molar-refractivity contribution in [1.82, 2.24) is 4.90 Å². The van der Waals surface area contributed by atoms with E-state index in [0.717, 1.165) is 42.9 Å². The average molecular weight is 399 g/mol. The largest absolute Gasteiger partial charge is 0.493 e. The van der Waals surface area contributed by atoms with Crippen molar-refractivity contribution in [3.05, 3.63) is 63.7 Å². The van der Waals surface area contributed by atoms with E-state index in [1.165, 1.54) is 5.56 Å². The maximum absolute atomic E-state index is 9.79. The zero-order valence-electron chi connectivity index (χ0n) is 16.5. The van der Waals surface area contributed by atoms with E-state index in [9.17, 15) is 10.4 Å². The molecular formula is C23H27ClN2O2. The smallest absolute Gasteiger partial charge is 0.119 e. The number of ether oxygens (including phenoxy) is 1. The molecule has 0 amide bonds. The number of aryl methyl sites for hydroxylation is 1. The Kier molecular flexibility index (Phi) is 6.96. The van der Waals surface area contributed by atoms with Gasteiger partial charge in [-0.2, -0.15) is 5.26 Å². The van der Waals surface area contributed by atoms with Crippen LogP contribution in [-0.2, 0) is 6.42 Å². The van der Waals surface area contributed by atoms with Crippen LogP contribution in [0.2, 0.25) is 5.02 Å². The fraction of sp³-hybridized carbons (Fsp3) is 0.435. The van der Waals surface area contributed by atoms with Gasteiger partial charge in [-0.3, -0.25) is 0 Å². The first-order valence-corrected chi connectivity index (χ1v) is 10.1. The number of rotatable bonds is 7. The number of aliphatic hydroxyl groups excluding tert-OH is 1. The summed E-state index contributed by atoms with van der Waals surface area (Å²) in [7, 11) is 0. The van der Waals surface area contributed by atoms with Gasteiger partial charge in [-0.25, -0.2) is 0 Å². The molecular weight excluding hydrogens is 372 g/mol. The Hall–Kier alpha value is -2.06. The summed E-state index contributed by atoms with van der Waals surface area (Å²) in [6.07, 6.45) is 0.838. The fourth-order valence-corrected chi connectivity index (χ4v) is 4.08. The maximum atomic E-state index is 9.79. The molecule has 0 unspecified atom stereocenters. The Labute approximate surface area is 172 Å². The molecule has 1 aliphatic rings. The number of hydrogen-bond acceptors (Lipinski definition) is 4. The number of benzene rings is 2. The second kappa shape index (κ2) is 9.43. The van der Waals surface area contributed by atoms with E-state index in [1.807, 2.05) is 37.3 Å². The number of nitrogens with zero attached hydrogens (tertiary/aromatic N) is 2. The van der Waals surface area contributed by atoms with Crippen molar-refractivity contribution in [3.63, 3.8) is 0 Å². The van der Waals surface area contributed by atoms with Crippen LogP contribution in [0.4, 0.5) is 0 Å². The van der Waals surface area contributed by atoms with Gasteiger partial charge in [0.25, 0.3) is 0 Å². The van der Waals surface area contributed by atoms with Crippen LogP contribution >= 0.6 is 11.6 Å². The van der Waals surface area contributed by atoms with Crippen LogP contribution in [0, 0.1) is 37.0 Å². The van der Waals surface area contributed by atoms with Crippen molar-refractivity contribution in [3.8, 4) is 11.8 Å². The van der Waals surface area contributed by atoms with E-state index >= 15 is 0 Å². The lowest BCUT2D eigenvalue weighted by Crippen LogP contribution is -2.25. The lowest BCUT2D eigenvalue weighted by molar-refractivity contribution is 0.162. The van der Waals surface area contributed by atoms with Crippen LogP contribution < -0.4 is 4.74 Å². The molecule has 1 heterocycles. The Morgan fingerprint density at radius 3 is 2.57 bits per heavy atom. The summed E-state index contributed by atoms with van der Waals surface area (Å²) < 4.78 is 5.96. The molecule has 5 heteroatoms. The molecule has 2 aromatic rings. The Bertz CT molecular complexity index is 845. The summed E-state index contributed by atoms with van der Waals surface area (Å²) in [4.78, 5) is 2.37. The van der Waals surface area contributed by atoms with Gasteiger partial charge in [0.05, 0.1) is 18.2 Å². The third-order valence-electron chi connectivity index (χ3n) is 5.67. The first-order chi connectivity index (χ1) is 13.5. The highest BCUT2D eigenvalue weighted by Crippen LogP contribution is 2.26. The monoisotopic (exact) mass is 398 g/mol. The fourth-order valence-electron chi connectivity index (χ4n) is 3.84. The minimum absolute atomic E-state index is 0.174. The Balaban J connectivity index is 1.57. The number of halogens is 1. The van der Waals surface area contributed by atoms with Crippen molar-refractivity contribution in [2.24, 2.45) is 11.8 Å². The van der Waals surface area contributed by atoms with Crippen molar-refractivity contribution in [2.45, 2.75) is 20.3 Å². The molecule has 0 bridgehead atoms. The van der Waals surface area contributed by atoms with Crippen LogP contribution in [0.1, 0.15) is 22.3 Å². The summed E-state index contributed by atoms with van der Waals surface area (Å²) in [5.74, 6) is 1.40. The molecule has 1 N–H and O–H groups in total. The van der Waals surface area contributed by atoms with Gasteiger partial charge in [0.15, 0.2) is 0 Å². The number of nitriles is 1. The van der Waals surface area contributed by atoms with Crippen LogP contribution in [0.25, 0.3) is 0 Å². The molecule has 0 spiro atoms. The van der Waals surface area contributed by atoms with E-state index in [2.05, 4.69) is 17.9 Å². The molecule has 2 atom stereocenters. The van der Waals surface area contributed by atoms with Gasteiger partial charge in [0.2, 0.25) is 0 Å². The van der Waals surface area contributed by atoms with Crippen molar-refractivity contribution in [1.29, 1.82) is 5.26 Å². The SMILES string of the molecule is Cc1ccc(OC[C@@H]2CN(CCc3cc(Cl)cc(C#N)c3C)C[C@H]2CO)cc1. The van der Waals surface area contributed by atoms with E-state index in [0.29, 0.717) is 23.1 Å². The second-order valence-corrected chi connectivity index (χ2v) is 8.12. The second-order valence-electron chi connectivity index (χ2n) is 7.69. The first-order valence-electron chi connectivity index (χ1n) is 9.72. The van der Waals surface area contributed by atoms with Gasteiger partial charge in [0.1, 0.15) is 5.75 Å². The maximum Gasteiger partial charge on any atom is 0.119 e. The highest BCUT2D eigenvalue weighted by atomic mass is 35.5. The third kappa shape index (κ3) is 5.05. The van der Waals surface area contributed by atoms with Crippen molar-refractivity contribution >= 4 is 11.6 Å². The summed E-state index contributed by atoms with van der Waals surface area (Å²) in [6, 6.07) is 14.0. The molecule has 2 aromatic carbocycles. The first kappa shape index (κ1) is 20.7. The molecule has 0 radical (unpaired) electrons. The quantitative estimate of drug-likeness (QED) is 0.766. The van der Waals surface area contributed by atoms with Crippen molar-refractivity contribution in [2.75, 3.05) is 32.8 Å². The molecule has 148 valence electrons. The molecule has 28 heavy (non-hydrogen) atoms. The van der Waals surface area contributed by atoms with E-state index in [1.54, 1.807) is 6.07 Å². The predicted molar refractivity (Wildman–Crippen MR) is 112 cm³/mol. The van der Waals surface area contributed by atoms with Crippen LogP contribution in [0.5, 0.6) is 5.75 Å². The zero-order chi connectivity index (χ0) is 20.1. The summed E-state index contributed by atoms with van der Waals surface area (Å²) >= 11 is 6.16. The van der Waals surface area contributed by atoms with Crippen LogP contribution in [0.15, 0.2) is 36.4 Å². The molecule has 3 rings (SSSR count). The predicted octanol–water partition coefficient (Wildman–Crippen LogP) is 3.99. The van der Waals surface area contributed by atoms with Gasteiger partial charge in [-0.1, -0.05) is 29.3 Å². The highest BCUT2D eigenvalue weighted by molar-refractivity contribution is 6.30. The van der Waals surface area contributed by atoms with E-state index in [4.69, 9.17) is 16.3 Å². The van der Waals surface area contributed by atoms with E-state index < -0.39 is 0 Å². The van der Waals surface area contributed by atoms with Gasteiger partial charge >= 0.3 is 0 Å². The summed E-state index contributed by atoms with van der Waals surface area (Å²) in [5.41, 5.74) is 3.97. The van der Waals surface area contributed by atoms with Gasteiger partial charge in [-0.05, 0) is 55.7 Å². The average Bonchev–Trinajstić information content (AvgIpc) is 3.10. The number of aliphatic hydroxyl groups is 1. The number of hydrogen-bond donors (Lipinski definition) is 1. The van der Waals surface area contributed by atoms with E-state index in [-0.39, 0.29) is 12.5 Å². The topological polar surface area (TPSA) is 56.5 Å². The summed E-state index contributed by atoms with van der Waals surface area (Å²) in [6.45, 7) is 7.46. The van der Waals surface area contributed by atoms with Gasteiger partial charge in [-0.15, -0.1) is 0 Å². The molecule has 1 saturated heterocycles. The van der Waals surface area contributed by atoms with Crippen molar-refractivity contribution < 1.29 is 9.84 Å². The van der Waals surface area contributed by atoms with Crippen LogP contribution in [-0.4, -0.2) is 42.9 Å². The van der Waals surface area contributed by atoms with Gasteiger partial charge < -0.3 is 14.7 Å². The van der Waals surface area contributed by atoms with Gasteiger partial charge in [0, 0.05) is 43.1 Å². The molecule has 0 aromatic heterocycles. The summed E-state index contributed by atoms with van der Waals surface area (Å²) in [5, 5.41) is 19.6. The highest BCUT2D eigenvalue weighted by Gasteiger charge is 2.32. The number of likely N-dealkylation sites (tertiary alicyclic amines) is 1. The third-order valence-corrected chi connectivity index (χ3v) is 5.89. The molecule has 4 nitrogen and oxygen atoms in total. The Morgan fingerprint density at radius 1 is 1.18 bits per heavy atom. The lowest BCUT2D eigenvalue weighted by atomic mass is 9.98. The lowest BCUT2D eigenvalue weighted by Gasteiger charge is -2.18. The standard InChI is InChI=1S/C23H27ClN2O2/c1-16-3-5-23(6-4-16)28-15-21-13-26(12-20(21)14-27)8-7-18-9-22(24)10-19(11-25)17(18)2/h3-6,9-10,20-21,27H,7-8,12-15H2,1-2H3/t20-,21-/m0/s1. The minimum Gasteiger partial charge on any atom is -0.493 e. The molecule has 0 aliphatic carbocycles. The normalized spacial score (nSPS) is 19.5.